The third kappa shape index (κ3) is 7.99. The first kappa shape index (κ1) is 29.1. The molecule has 1 aromatic carbocycles. The van der Waals surface area contributed by atoms with Gasteiger partial charge in [-0.15, -0.1) is 12.4 Å². The van der Waals surface area contributed by atoms with E-state index in [1.807, 2.05) is 23.2 Å². The number of aryl methyl sites for hydroxylation is 1. The minimum atomic E-state index is -0.800. The van der Waals surface area contributed by atoms with Crippen molar-refractivity contribution in [3.05, 3.63) is 59.2 Å². The summed E-state index contributed by atoms with van der Waals surface area (Å²) in [7, 11) is 0. The first-order valence-corrected chi connectivity index (χ1v) is 13.3. The molecule has 0 amide bonds. The fourth-order valence-electron chi connectivity index (χ4n) is 4.71. The van der Waals surface area contributed by atoms with Crippen LogP contribution in [-0.4, -0.2) is 55.0 Å². The number of hydrogen-bond donors (Lipinski definition) is 1. The molecule has 2 aromatic rings. The Morgan fingerprint density at radius 1 is 1.19 bits per heavy atom. The molecule has 1 aromatic heterocycles. The predicted octanol–water partition coefficient (Wildman–Crippen LogP) is 5.16. The van der Waals surface area contributed by atoms with Crippen molar-refractivity contribution < 1.29 is 23.9 Å². The van der Waals surface area contributed by atoms with Gasteiger partial charge in [-0.3, -0.25) is 24.0 Å². The molecule has 1 aliphatic carbocycles. The average molecular weight is 550 g/mol. The zero-order valence-electron chi connectivity index (χ0n) is 20.8. The Bertz CT molecular complexity index is 1150. The van der Waals surface area contributed by atoms with Gasteiger partial charge in [-0.1, -0.05) is 30.0 Å². The Hall–Kier alpha value is -2.49. The molecule has 2 unspecified atom stereocenters. The fourth-order valence-corrected chi connectivity index (χ4v) is 5.63. The maximum atomic E-state index is 14.8. The number of nitrogens with zero attached hydrogens (tertiary/aromatic N) is 3. The number of thioether (sulfide) groups is 1. The van der Waals surface area contributed by atoms with Crippen molar-refractivity contribution in [3.63, 3.8) is 0 Å². The van der Waals surface area contributed by atoms with Crippen LogP contribution < -0.4 is 0 Å². The van der Waals surface area contributed by atoms with Crippen LogP contribution in [0.4, 0.5) is 4.39 Å². The van der Waals surface area contributed by atoms with E-state index in [9.17, 15) is 18.8 Å². The maximum absolute atomic E-state index is 14.8. The zero-order valence-corrected chi connectivity index (χ0v) is 22.5. The van der Waals surface area contributed by atoms with Gasteiger partial charge in [-0.05, 0) is 55.9 Å². The number of ketones is 1. The molecule has 37 heavy (non-hydrogen) atoms. The monoisotopic (exact) mass is 549 g/mol. The van der Waals surface area contributed by atoms with Crippen LogP contribution in [0.3, 0.4) is 0 Å². The number of unbranched alkanes of at least 4 members (excludes halogenated alkanes) is 1. The normalized spacial score (nSPS) is 19.8. The molecule has 7 nitrogen and oxygen atoms in total. The van der Waals surface area contributed by atoms with Crippen LogP contribution in [0.2, 0.25) is 0 Å². The minimum absolute atomic E-state index is 0. The minimum Gasteiger partial charge on any atom is -0.481 e. The Kier molecular flexibility index (Phi) is 10.5. The summed E-state index contributed by atoms with van der Waals surface area (Å²) in [6, 6.07) is 7.76. The van der Waals surface area contributed by atoms with Gasteiger partial charge in [0.05, 0.1) is 11.7 Å². The van der Waals surface area contributed by atoms with Gasteiger partial charge < -0.3 is 5.11 Å². The maximum Gasteiger partial charge on any atom is 0.303 e. The number of carboxylic acids is 1. The molecule has 0 spiro atoms. The van der Waals surface area contributed by atoms with E-state index < -0.39 is 12.0 Å². The third-order valence-electron chi connectivity index (χ3n) is 6.62. The van der Waals surface area contributed by atoms with Gasteiger partial charge in [0.2, 0.25) is 0 Å². The summed E-state index contributed by atoms with van der Waals surface area (Å²) in [6.07, 6.45) is 7.66. The Balaban J connectivity index is 0.00000380. The summed E-state index contributed by atoms with van der Waals surface area (Å²) < 4.78 is 16.6. The molecular weight excluding hydrogens is 517 g/mol. The molecule has 2 aliphatic rings. The molecule has 200 valence electrons. The fraction of sp³-hybridized carbons (Fsp3) is 0.481. The second-order valence-corrected chi connectivity index (χ2v) is 10.9. The molecule has 1 aliphatic heterocycles. The van der Waals surface area contributed by atoms with Gasteiger partial charge in [-0.2, -0.15) is 5.10 Å². The molecule has 10 heteroatoms. The van der Waals surface area contributed by atoms with E-state index in [1.54, 1.807) is 29.8 Å². The molecule has 0 radical (unpaired) electrons. The van der Waals surface area contributed by atoms with E-state index in [4.69, 9.17) is 5.11 Å². The molecule has 1 N–H and O–H groups in total. The molecule has 1 saturated heterocycles. The number of aromatic nitrogens is 2. The predicted molar refractivity (Wildman–Crippen MR) is 144 cm³/mol. The van der Waals surface area contributed by atoms with Crippen molar-refractivity contribution in [1.29, 1.82) is 0 Å². The molecule has 1 saturated carbocycles. The quantitative estimate of drug-likeness (QED) is 0.387. The number of carboxylic acid groups (broad SMARTS) is 1. The molecule has 2 fully saturated rings. The number of halogens is 2. The molecule has 2 atom stereocenters. The van der Waals surface area contributed by atoms with Gasteiger partial charge in [-0.25, -0.2) is 4.39 Å². The highest BCUT2D eigenvalue weighted by Crippen LogP contribution is 2.40. The number of piperidine rings is 1. The van der Waals surface area contributed by atoms with Crippen LogP contribution >= 0.6 is 24.2 Å². The highest BCUT2D eigenvalue weighted by atomic mass is 35.5. The van der Waals surface area contributed by atoms with Crippen molar-refractivity contribution in [3.8, 4) is 0 Å². The lowest BCUT2D eigenvalue weighted by Crippen LogP contribution is -2.43. The lowest BCUT2D eigenvalue weighted by atomic mass is 9.93. The number of carbonyl (C=O) groups excluding carboxylic acids is 2. The van der Waals surface area contributed by atoms with Crippen LogP contribution in [0.15, 0.2) is 42.1 Å². The van der Waals surface area contributed by atoms with Gasteiger partial charge in [0.1, 0.15) is 5.82 Å². The van der Waals surface area contributed by atoms with Gasteiger partial charge in [0, 0.05) is 55.9 Å². The number of Topliss-reactive ketones (excluding diaryl/α,β-unsaturated/α-hetero) is 1. The topological polar surface area (TPSA) is 92.5 Å². The van der Waals surface area contributed by atoms with E-state index in [1.165, 1.54) is 17.8 Å². The molecule has 2 heterocycles. The van der Waals surface area contributed by atoms with Gasteiger partial charge in [0.15, 0.2) is 10.9 Å². The number of likely N-dealkylation sites (tertiary alicyclic amines) is 1. The second kappa shape index (κ2) is 13.3. The number of hydrogen-bond acceptors (Lipinski definition) is 6. The smallest absolute Gasteiger partial charge is 0.303 e. The Morgan fingerprint density at radius 2 is 1.95 bits per heavy atom. The first-order chi connectivity index (χ1) is 17.3. The van der Waals surface area contributed by atoms with Crippen LogP contribution in [-0.2, 0) is 20.9 Å². The SMILES string of the molecule is CC(=O)SC1CCN(C(C(=O)C2CC2)c2ccccc2F)CC1=Cc1ccn(CCCCC(=O)O)n1.Cl. The van der Waals surface area contributed by atoms with Crippen LogP contribution in [0.25, 0.3) is 6.08 Å². The van der Waals surface area contributed by atoms with Crippen molar-refractivity contribution >= 4 is 47.1 Å². The molecule has 4 rings (SSSR count). The highest BCUT2D eigenvalue weighted by molar-refractivity contribution is 8.14. The zero-order chi connectivity index (χ0) is 25.7. The summed E-state index contributed by atoms with van der Waals surface area (Å²) in [5.41, 5.74) is 2.15. The van der Waals surface area contributed by atoms with E-state index in [0.29, 0.717) is 44.5 Å². The van der Waals surface area contributed by atoms with Crippen LogP contribution in [0, 0.1) is 11.7 Å². The van der Waals surface area contributed by atoms with Crippen molar-refractivity contribution in [2.75, 3.05) is 13.1 Å². The standard InChI is InChI=1S/C27H32FN3O4S.ClH/c1-18(32)36-24-12-14-30(26(27(35)19-9-10-19)22-6-2-3-7-23(22)28)17-20(24)16-21-11-15-31(29-21)13-5-4-8-25(33)34;/h2-3,6-7,11,15-16,19,24,26H,4-5,8-10,12-14,17H2,1H3,(H,33,34);1H. The first-order valence-electron chi connectivity index (χ1n) is 12.5. The average Bonchev–Trinajstić information content (AvgIpc) is 3.59. The van der Waals surface area contributed by atoms with E-state index in [0.717, 1.165) is 24.1 Å². The van der Waals surface area contributed by atoms with E-state index in [-0.39, 0.29) is 46.7 Å². The van der Waals surface area contributed by atoms with Crippen LogP contribution in [0.5, 0.6) is 0 Å². The lowest BCUT2D eigenvalue weighted by Gasteiger charge is -2.38. The van der Waals surface area contributed by atoms with Crippen molar-refractivity contribution in [2.24, 2.45) is 5.92 Å². The van der Waals surface area contributed by atoms with Gasteiger partial charge >= 0.3 is 5.97 Å². The third-order valence-corrected chi connectivity index (χ3v) is 7.78. The Labute approximate surface area is 226 Å². The second-order valence-electron chi connectivity index (χ2n) is 9.53. The summed E-state index contributed by atoms with van der Waals surface area (Å²) >= 11 is 1.29. The van der Waals surface area contributed by atoms with Crippen LogP contribution in [0.1, 0.15) is 62.7 Å². The lowest BCUT2D eigenvalue weighted by molar-refractivity contribution is -0.137. The summed E-state index contributed by atoms with van der Waals surface area (Å²) in [5.74, 6) is -1.11. The van der Waals surface area contributed by atoms with Gasteiger partial charge in [0.25, 0.3) is 0 Å². The molecular formula is C27H33ClFN3O4S. The Morgan fingerprint density at radius 3 is 2.62 bits per heavy atom. The van der Waals surface area contributed by atoms with E-state index >= 15 is 0 Å². The van der Waals surface area contributed by atoms with E-state index in [2.05, 4.69) is 5.10 Å². The number of carbonyl (C=O) groups is 3. The number of aliphatic carboxylic acids is 1. The largest absolute Gasteiger partial charge is 0.481 e. The summed E-state index contributed by atoms with van der Waals surface area (Å²) in [4.78, 5) is 38.0. The highest BCUT2D eigenvalue weighted by Gasteiger charge is 2.41. The van der Waals surface area contributed by atoms with Crippen molar-refractivity contribution in [2.45, 2.75) is 63.3 Å². The number of rotatable bonds is 11. The summed E-state index contributed by atoms with van der Waals surface area (Å²) in [6.45, 7) is 3.23. The van der Waals surface area contributed by atoms with Crippen molar-refractivity contribution in [1.82, 2.24) is 14.7 Å². The summed E-state index contributed by atoms with van der Waals surface area (Å²) in [5, 5.41) is 13.4. The number of benzene rings is 1. The molecule has 0 bridgehead atoms.